The maximum atomic E-state index is 12.9. The first-order valence-corrected chi connectivity index (χ1v) is 18.5. The zero-order valence-corrected chi connectivity index (χ0v) is 29.3. The van der Waals surface area contributed by atoms with Crippen LogP contribution in [0.4, 0.5) is 0 Å². The lowest BCUT2D eigenvalue weighted by atomic mass is 9.41. The molecule has 4 heteroatoms. The zero-order valence-electron chi connectivity index (χ0n) is 29.3. The Morgan fingerprint density at radius 1 is 0.932 bits per heavy atom. The van der Waals surface area contributed by atoms with Gasteiger partial charge in [-0.25, -0.2) is 0 Å². The molecule has 1 N–H and O–H groups in total. The summed E-state index contributed by atoms with van der Waals surface area (Å²) in [6, 6.07) is 6.28. The highest BCUT2D eigenvalue weighted by molar-refractivity contribution is 5.75. The minimum absolute atomic E-state index is 0.0817. The summed E-state index contributed by atoms with van der Waals surface area (Å²) in [5.41, 5.74) is 2.64. The largest absolute Gasteiger partial charge is 0.493 e. The first-order valence-electron chi connectivity index (χ1n) is 18.5. The molecule has 9 atom stereocenters. The highest BCUT2D eigenvalue weighted by Gasteiger charge is 2.63. The van der Waals surface area contributed by atoms with E-state index < -0.39 is 5.41 Å². The van der Waals surface area contributed by atoms with Crippen molar-refractivity contribution in [2.45, 2.75) is 144 Å². The molecule has 0 aliphatic heterocycles. The van der Waals surface area contributed by atoms with Crippen LogP contribution >= 0.6 is 0 Å². The van der Waals surface area contributed by atoms with Crippen molar-refractivity contribution in [3.63, 3.8) is 0 Å². The van der Waals surface area contributed by atoms with E-state index in [0.717, 1.165) is 55.3 Å². The fourth-order valence-corrected chi connectivity index (χ4v) is 11.1. The van der Waals surface area contributed by atoms with Crippen molar-refractivity contribution in [1.29, 1.82) is 0 Å². The quantitative estimate of drug-likeness (QED) is 0.190. The maximum Gasteiger partial charge on any atom is 0.311 e. The number of fused-ring (bicyclic) bond motifs is 5. The first kappa shape index (κ1) is 33.8. The van der Waals surface area contributed by atoms with Crippen LogP contribution in [0.3, 0.4) is 0 Å². The normalized spacial score (nSPS) is 36.7. The molecule has 4 fully saturated rings. The van der Waals surface area contributed by atoms with E-state index in [2.05, 4.69) is 52.8 Å². The molecule has 1 aromatic carbocycles. The van der Waals surface area contributed by atoms with Crippen LogP contribution in [0.2, 0.25) is 0 Å². The summed E-state index contributed by atoms with van der Waals surface area (Å²) >= 11 is 0. The number of hydrogen-bond acceptors (Lipinski definition) is 4. The summed E-state index contributed by atoms with van der Waals surface area (Å²) in [6.45, 7) is 16.8. The van der Waals surface area contributed by atoms with Gasteiger partial charge >= 0.3 is 5.97 Å². The van der Waals surface area contributed by atoms with Crippen LogP contribution in [0.25, 0.3) is 0 Å². The smallest absolute Gasteiger partial charge is 0.311 e. The molecule has 4 saturated carbocycles. The molecule has 1 aromatic rings. The van der Waals surface area contributed by atoms with E-state index in [1.54, 1.807) is 0 Å². The molecule has 4 nitrogen and oxygen atoms in total. The molecule has 0 radical (unpaired) electrons. The van der Waals surface area contributed by atoms with E-state index in [1.807, 2.05) is 13.8 Å². The SMILES string of the molecule is CCC1C(O)C2C3CCC(CCCCOC(=O)C(C)(C)CCCOc4cc(C)ccc4C)C3(C)CCC2C2(C)CCCCC12. The number of rotatable bonds is 12. The summed E-state index contributed by atoms with van der Waals surface area (Å²) in [4.78, 5) is 12.9. The number of aliphatic hydroxyl groups is 1. The predicted octanol–water partition coefficient (Wildman–Crippen LogP) is 9.86. The van der Waals surface area contributed by atoms with E-state index in [0.29, 0.717) is 47.7 Å². The standard InChI is InChI=1S/C40H64O4/c1-8-30-31-15-9-11-22-40(31,7)33-20-23-39(6)29(18-19-32(39)35(33)36(30)41)14-10-12-24-44-37(42)38(4,5)21-13-25-43-34-26-27(2)16-17-28(34)3/h16-17,26,29-33,35-36,41H,8-15,18-25H2,1-7H3. The topological polar surface area (TPSA) is 55.8 Å². The minimum Gasteiger partial charge on any atom is -0.493 e. The number of aryl methyl sites for hydroxylation is 2. The van der Waals surface area contributed by atoms with Crippen LogP contribution in [0.15, 0.2) is 18.2 Å². The first-order chi connectivity index (χ1) is 20.9. The van der Waals surface area contributed by atoms with Gasteiger partial charge in [0.2, 0.25) is 0 Å². The molecule has 0 heterocycles. The van der Waals surface area contributed by atoms with Gasteiger partial charge in [0.1, 0.15) is 5.75 Å². The molecule has 0 amide bonds. The van der Waals surface area contributed by atoms with Crippen molar-refractivity contribution in [3.8, 4) is 5.75 Å². The number of ether oxygens (including phenoxy) is 2. The molecular weight excluding hydrogens is 544 g/mol. The second-order valence-electron chi connectivity index (χ2n) is 16.8. The fourth-order valence-electron chi connectivity index (χ4n) is 11.1. The zero-order chi connectivity index (χ0) is 31.7. The molecule has 4 aliphatic carbocycles. The van der Waals surface area contributed by atoms with Crippen molar-refractivity contribution >= 4 is 5.97 Å². The summed E-state index contributed by atoms with van der Waals surface area (Å²) in [6.07, 6.45) is 16.6. The Balaban J connectivity index is 1.06. The van der Waals surface area contributed by atoms with Gasteiger partial charge in [0.15, 0.2) is 0 Å². The predicted molar refractivity (Wildman–Crippen MR) is 180 cm³/mol. The van der Waals surface area contributed by atoms with E-state index in [1.165, 1.54) is 63.4 Å². The van der Waals surface area contributed by atoms with Crippen molar-refractivity contribution in [1.82, 2.24) is 0 Å². The van der Waals surface area contributed by atoms with Crippen LogP contribution in [-0.4, -0.2) is 30.4 Å². The van der Waals surface area contributed by atoms with Gasteiger partial charge in [-0.1, -0.05) is 52.2 Å². The Hall–Kier alpha value is -1.55. The lowest BCUT2D eigenvalue weighted by Crippen LogP contribution is -2.61. The molecule has 44 heavy (non-hydrogen) atoms. The number of aliphatic hydroxyl groups excluding tert-OH is 1. The van der Waals surface area contributed by atoms with E-state index in [-0.39, 0.29) is 12.1 Å². The Morgan fingerprint density at radius 3 is 2.48 bits per heavy atom. The van der Waals surface area contributed by atoms with E-state index >= 15 is 0 Å². The third kappa shape index (κ3) is 6.50. The third-order valence-corrected chi connectivity index (χ3v) is 13.8. The van der Waals surface area contributed by atoms with Crippen LogP contribution in [0, 0.1) is 65.6 Å². The van der Waals surface area contributed by atoms with Crippen LogP contribution in [0.1, 0.15) is 136 Å². The fraction of sp³-hybridized carbons (Fsp3) is 0.825. The number of benzene rings is 1. The number of esters is 1. The van der Waals surface area contributed by atoms with Gasteiger partial charge < -0.3 is 14.6 Å². The number of carbonyl (C=O) groups is 1. The number of unbranched alkanes of at least 4 members (excludes halogenated alkanes) is 1. The maximum absolute atomic E-state index is 12.9. The molecule has 9 unspecified atom stereocenters. The van der Waals surface area contributed by atoms with Gasteiger partial charge in [-0.05, 0) is 162 Å². The summed E-state index contributed by atoms with van der Waals surface area (Å²) in [7, 11) is 0. The second kappa shape index (κ2) is 13.7. The molecule has 0 aromatic heterocycles. The molecule has 0 bridgehead atoms. The molecule has 248 valence electrons. The number of carbonyl (C=O) groups excluding carboxylic acids is 1. The summed E-state index contributed by atoms with van der Waals surface area (Å²) < 4.78 is 11.8. The highest BCUT2D eigenvalue weighted by Crippen LogP contribution is 2.69. The lowest BCUT2D eigenvalue weighted by molar-refractivity contribution is -0.193. The summed E-state index contributed by atoms with van der Waals surface area (Å²) in [5, 5.41) is 11.9. The Kier molecular flexibility index (Phi) is 10.5. The van der Waals surface area contributed by atoms with E-state index in [9.17, 15) is 9.90 Å². The Morgan fingerprint density at radius 2 is 1.70 bits per heavy atom. The molecular formula is C40H64O4. The van der Waals surface area contributed by atoms with Gasteiger partial charge in [-0.3, -0.25) is 4.79 Å². The van der Waals surface area contributed by atoms with Crippen LogP contribution in [0.5, 0.6) is 5.75 Å². The minimum atomic E-state index is -0.499. The highest BCUT2D eigenvalue weighted by atomic mass is 16.5. The lowest BCUT2D eigenvalue weighted by Gasteiger charge is -2.64. The van der Waals surface area contributed by atoms with Gasteiger partial charge in [-0.15, -0.1) is 0 Å². The van der Waals surface area contributed by atoms with Gasteiger partial charge in [-0.2, -0.15) is 0 Å². The summed E-state index contributed by atoms with van der Waals surface area (Å²) in [5.74, 6) is 4.69. The Bertz CT molecular complexity index is 1130. The van der Waals surface area contributed by atoms with Crippen LogP contribution in [-0.2, 0) is 9.53 Å². The van der Waals surface area contributed by atoms with Gasteiger partial charge in [0.25, 0.3) is 0 Å². The molecule has 0 spiro atoms. The molecule has 4 aliphatic rings. The van der Waals surface area contributed by atoms with Gasteiger partial charge in [0.05, 0.1) is 24.7 Å². The van der Waals surface area contributed by atoms with Crippen molar-refractivity contribution in [2.75, 3.05) is 13.2 Å². The molecule has 5 rings (SSSR count). The average Bonchev–Trinajstić information content (AvgIpc) is 3.33. The average molecular weight is 609 g/mol. The second-order valence-corrected chi connectivity index (χ2v) is 16.8. The van der Waals surface area contributed by atoms with Crippen LogP contribution < -0.4 is 4.74 Å². The Labute approximate surface area is 269 Å². The van der Waals surface area contributed by atoms with Crippen molar-refractivity contribution in [2.24, 2.45) is 51.8 Å². The van der Waals surface area contributed by atoms with Crippen molar-refractivity contribution in [3.05, 3.63) is 29.3 Å². The number of hydrogen-bond donors (Lipinski definition) is 1. The van der Waals surface area contributed by atoms with Crippen molar-refractivity contribution < 1.29 is 19.4 Å². The monoisotopic (exact) mass is 608 g/mol. The van der Waals surface area contributed by atoms with Gasteiger partial charge in [0, 0.05) is 0 Å². The molecule has 0 saturated heterocycles. The van der Waals surface area contributed by atoms with E-state index in [4.69, 9.17) is 9.47 Å². The third-order valence-electron chi connectivity index (χ3n) is 13.8.